The maximum Gasteiger partial charge on any atom is 0.187 e. The standard InChI is InChI=1S/C15H25FN4/c1-3-9-20(10-12-5-7-17-8-6-12)15-14(16)13(4-2)18-11-19-15/h11-12,17H,3-10H2,1-2H3. The van der Waals surface area contributed by atoms with Crippen LogP contribution in [0.4, 0.5) is 10.2 Å². The van der Waals surface area contributed by atoms with E-state index in [1.807, 2.05) is 6.92 Å². The van der Waals surface area contributed by atoms with Crippen molar-refractivity contribution in [2.75, 3.05) is 31.1 Å². The van der Waals surface area contributed by atoms with Crippen molar-refractivity contribution in [3.05, 3.63) is 17.8 Å². The summed E-state index contributed by atoms with van der Waals surface area (Å²) in [6, 6.07) is 0. The van der Waals surface area contributed by atoms with Gasteiger partial charge in [0.25, 0.3) is 0 Å². The summed E-state index contributed by atoms with van der Waals surface area (Å²) in [5.74, 6) is 0.872. The zero-order valence-corrected chi connectivity index (χ0v) is 12.5. The van der Waals surface area contributed by atoms with Crippen LogP contribution >= 0.6 is 0 Å². The first-order chi connectivity index (χ1) is 9.76. The highest BCUT2D eigenvalue weighted by molar-refractivity contribution is 5.41. The summed E-state index contributed by atoms with van der Waals surface area (Å²) in [5.41, 5.74) is 0.515. The molecule has 1 aliphatic heterocycles. The third kappa shape index (κ3) is 3.66. The van der Waals surface area contributed by atoms with Gasteiger partial charge in [-0.05, 0) is 44.7 Å². The lowest BCUT2D eigenvalue weighted by atomic mass is 9.97. The number of nitrogens with one attached hydrogen (secondary N) is 1. The molecule has 0 unspecified atom stereocenters. The second kappa shape index (κ2) is 7.53. The van der Waals surface area contributed by atoms with E-state index in [0.717, 1.165) is 45.4 Å². The van der Waals surface area contributed by atoms with Crippen LogP contribution in [0.25, 0.3) is 0 Å². The van der Waals surface area contributed by atoms with Crippen LogP contribution in [0.5, 0.6) is 0 Å². The van der Waals surface area contributed by atoms with E-state index >= 15 is 0 Å². The number of hydrogen-bond donors (Lipinski definition) is 1. The summed E-state index contributed by atoms with van der Waals surface area (Å²) in [7, 11) is 0. The van der Waals surface area contributed by atoms with Crippen LogP contribution < -0.4 is 10.2 Å². The molecule has 5 heteroatoms. The minimum atomic E-state index is -0.239. The maximum atomic E-state index is 14.4. The summed E-state index contributed by atoms with van der Waals surface area (Å²) >= 11 is 0. The molecule has 2 heterocycles. The van der Waals surface area contributed by atoms with Crippen LogP contribution in [0.3, 0.4) is 0 Å². The van der Waals surface area contributed by atoms with Crippen molar-refractivity contribution in [3.63, 3.8) is 0 Å². The van der Waals surface area contributed by atoms with Crippen molar-refractivity contribution in [1.29, 1.82) is 0 Å². The summed E-state index contributed by atoms with van der Waals surface area (Å²) in [4.78, 5) is 10.3. The zero-order chi connectivity index (χ0) is 14.4. The Hall–Kier alpha value is -1.23. The maximum absolute atomic E-state index is 14.4. The smallest absolute Gasteiger partial charge is 0.187 e. The first-order valence-electron chi connectivity index (χ1n) is 7.71. The van der Waals surface area contributed by atoms with Gasteiger partial charge >= 0.3 is 0 Å². The lowest BCUT2D eigenvalue weighted by Gasteiger charge is -2.31. The molecule has 0 aromatic carbocycles. The van der Waals surface area contributed by atoms with Gasteiger partial charge < -0.3 is 10.2 Å². The quantitative estimate of drug-likeness (QED) is 0.868. The van der Waals surface area contributed by atoms with Gasteiger partial charge in [0.1, 0.15) is 6.33 Å². The van der Waals surface area contributed by atoms with Gasteiger partial charge in [0.05, 0.1) is 5.69 Å². The van der Waals surface area contributed by atoms with Gasteiger partial charge in [0, 0.05) is 13.1 Å². The molecule has 1 saturated heterocycles. The largest absolute Gasteiger partial charge is 0.354 e. The average Bonchev–Trinajstić information content (AvgIpc) is 2.48. The van der Waals surface area contributed by atoms with E-state index in [0.29, 0.717) is 23.9 Å². The highest BCUT2D eigenvalue weighted by Gasteiger charge is 2.21. The minimum absolute atomic E-state index is 0.239. The van der Waals surface area contributed by atoms with E-state index in [9.17, 15) is 4.39 Å². The van der Waals surface area contributed by atoms with Crippen LogP contribution in [0.15, 0.2) is 6.33 Å². The number of piperidine rings is 1. The first-order valence-corrected chi connectivity index (χ1v) is 7.71. The molecule has 0 amide bonds. The third-order valence-electron chi connectivity index (χ3n) is 3.91. The molecule has 0 atom stereocenters. The first kappa shape index (κ1) is 15.2. The molecule has 1 N–H and O–H groups in total. The molecule has 0 saturated carbocycles. The van der Waals surface area contributed by atoms with Gasteiger partial charge in [-0.2, -0.15) is 0 Å². The summed E-state index contributed by atoms with van der Waals surface area (Å²) in [6.45, 7) is 7.92. The molecule has 20 heavy (non-hydrogen) atoms. The topological polar surface area (TPSA) is 41.0 Å². The van der Waals surface area contributed by atoms with Gasteiger partial charge in [0.15, 0.2) is 11.6 Å². The van der Waals surface area contributed by atoms with E-state index < -0.39 is 0 Å². The molecular weight excluding hydrogens is 255 g/mol. The van der Waals surface area contributed by atoms with Gasteiger partial charge in [-0.1, -0.05) is 13.8 Å². The molecular formula is C15H25FN4. The van der Waals surface area contributed by atoms with E-state index in [4.69, 9.17) is 0 Å². The molecule has 0 aliphatic carbocycles. The second-order valence-electron chi connectivity index (χ2n) is 5.45. The Kier molecular flexibility index (Phi) is 5.71. The molecule has 1 fully saturated rings. The Bertz CT molecular complexity index is 418. The molecule has 1 aromatic rings. The van der Waals surface area contributed by atoms with Crippen LogP contribution in [0.2, 0.25) is 0 Å². The van der Waals surface area contributed by atoms with Crippen molar-refractivity contribution < 1.29 is 4.39 Å². The molecule has 0 bridgehead atoms. The van der Waals surface area contributed by atoms with Crippen LogP contribution in [-0.4, -0.2) is 36.1 Å². The van der Waals surface area contributed by atoms with Crippen molar-refractivity contribution >= 4 is 5.82 Å². The Morgan fingerprint density at radius 3 is 2.70 bits per heavy atom. The number of halogens is 1. The van der Waals surface area contributed by atoms with E-state index in [1.165, 1.54) is 6.33 Å². The number of nitrogens with zero attached hydrogens (tertiary/aromatic N) is 3. The lowest BCUT2D eigenvalue weighted by Crippen LogP contribution is -2.37. The molecule has 0 spiro atoms. The number of aromatic nitrogens is 2. The Morgan fingerprint density at radius 2 is 2.05 bits per heavy atom. The highest BCUT2D eigenvalue weighted by atomic mass is 19.1. The normalized spacial score (nSPS) is 16.4. The number of aryl methyl sites for hydroxylation is 1. The van der Waals surface area contributed by atoms with E-state index in [2.05, 4.69) is 27.1 Å². The SMILES string of the molecule is CCCN(CC1CCNCC1)c1ncnc(CC)c1F. The minimum Gasteiger partial charge on any atom is -0.354 e. The Balaban J connectivity index is 2.14. The predicted octanol–water partition coefficient (Wildman–Crippen LogP) is 2.39. The second-order valence-corrected chi connectivity index (χ2v) is 5.45. The molecule has 4 nitrogen and oxygen atoms in total. The molecule has 0 radical (unpaired) electrons. The van der Waals surface area contributed by atoms with Crippen LogP contribution in [0.1, 0.15) is 38.8 Å². The van der Waals surface area contributed by atoms with E-state index in [1.54, 1.807) is 0 Å². The summed E-state index contributed by atoms with van der Waals surface area (Å²) in [6.07, 6.45) is 5.41. The fraction of sp³-hybridized carbons (Fsp3) is 0.733. The van der Waals surface area contributed by atoms with Crippen molar-refractivity contribution in [2.45, 2.75) is 39.5 Å². The molecule has 2 rings (SSSR count). The van der Waals surface area contributed by atoms with Gasteiger partial charge in [0.2, 0.25) is 0 Å². The Labute approximate surface area is 120 Å². The van der Waals surface area contributed by atoms with Gasteiger partial charge in [-0.15, -0.1) is 0 Å². The van der Waals surface area contributed by atoms with Crippen LogP contribution in [0, 0.1) is 11.7 Å². The Morgan fingerprint density at radius 1 is 1.30 bits per heavy atom. The highest BCUT2D eigenvalue weighted by Crippen LogP contribution is 2.22. The van der Waals surface area contributed by atoms with Gasteiger partial charge in [-0.25, -0.2) is 14.4 Å². The third-order valence-corrected chi connectivity index (χ3v) is 3.91. The number of rotatable bonds is 6. The zero-order valence-electron chi connectivity index (χ0n) is 12.5. The molecule has 1 aliphatic rings. The monoisotopic (exact) mass is 280 g/mol. The van der Waals surface area contributed by atoms with Crippen molar-refractivity contribution in [1.82, 2.24) is 15.3 Å². The summed E-state index contributed by atoms with van der Waals surface area (Å²) in [5, 5.41) is 3.37. The van der Waals surface area contributed by atoms with Crippen molar-refractivity contribution in [3.8, 4) is 0 Å². The number of anilines is 1. The van der Waals surface area contributed by atoms with E-state index in [-0.39, 0.29) is 5.82 Å². The lowest BCUT2D eigenvalue weighted by molar-refractivity contribution is 0.371. The van der Waals surface area contributed by atoms with Crippen LogP contribution in [-0.2, 0) is 6.42 Å². The van der Waals surface area contributed by atoms with Gasteiger partial charge in [-0.3, -0.25) is 0 Å². The van der Waals surface area contributed by atoms with Crippen molar-refractivity contribution in [2.24, 2.45) is 5.92 Å². The summed E-state index contributed by atoms with van der Waals surface area (Å²) < 4.78 is 14.4. The fourth-order valence-corrected chi connectivity index (χ4v) is 2.79. The number of hydrogen-bond acceptors (Lipinski definition) is 4. The molecule has 1 aromatic heterocycles. The molecule has 112 valence electrons. The fourth-order valence-electron chi connectivity index (χ4n) is 2.79. The predicted molar refractivity (Wildman–Crippen MR) is 79.5 cm³/mol. The average molecular weight is 280 g/mol.